The number of imidazole rings is 1. The van der Waals surface area contributed by atoms with E-state index in [0.29, 0.717) is 23.5 Å². The van der Waals surface area contributed by atoms with Crippen molar-refractivity contribution in [2.24, 2.45) is 14.1 Å². The lowest BCUT2D eigenvalue weighted by Crippen LogP contribution is -2.37. The minimum atomic E-state index is -0.392. The first-order valence-corrected chi connectivity index (χ1v) is 6.80. The zero-order valence-corrected chi connectivity index (χ0v) is 12.9. The molecule has 0 aromatic carbocycles. The molecule has 3 heterocycles. The predicted octanol–water partition coefficient (Wildman–Crippen LogP) is -0.111. The lowest BCUT2D eigenvalue weighted by atomic mass is 10.3. The second kappa shape index (κ2) is 4.90. The monoisotopic (exact) mass is 300 g/mol. The average molecular weight is 300 g/mol. The first kappa shape index (κ1) is 14.2. The smallest absolute Gasteiger partial charge is 0.319 e. The zero-order valence-electron chi connectivity index (χ0n) is 12.9. The summed E-state index contributed by atoms with van der Waals surface area (Å²) in [4.78, 5) is 37.1. The van der Waals surface area contributed by atoms with Crippen molar-refractivity contribution >= 4 is 11.2 Å². The summed E-state index contributed by atoms with van der Waals surface area (Å²) in [6, 6.07) is 1.87. The van der Waals surface area contributed by atoms with Gasteiger partial charge in [0.2, 0.25) is 0 Å². The van der Waals surface area contributed by atoms with Crippen LogP contribution >= 0.6 is 0 Å². The Balaban J connectivity index is 2.21. The van der Waals surface area contributed by atoms with Gasteiger partial charge >= 0.3 is 5.69 Å². The van der Waals surface area contributed by atoms with Gasteiger partial charge in [0.25, 0.3) is 5.56 Å². The predicted molar refractivity (Wildman–Crippen MR) is 80.8 cm³/mol. The molecule has 22 heavy (non-hydrogen) atoms. The van der Waals surface area contributed by atoms with Crippen LogP contribution in [0.2, 0.25) is 0 Å². The third-order valence-electron chi connectivity index (χ3n) is 3.57. The van der Waals surface area contributed by atoms with Crippen molar-refractivity contribution in [3.63, 3.8) is 0 Å². The Bertz CT molecular complexity index is 975. The van der Waals surface area contributed by atoms with Crippen LogP contribution in [0, 0.1) is 13.8 Å². The van der Waals surface area contributed by atoms with Crippen molar-refractivity contribution in [1.82, 2.24) is 28.7 Å². The highest BCUT2D eigenvalue weighted by molar-refractivity contribution is 5.70. The van der Waals surface area contributed by atoms with E-state index < -0.39 is 5.69 Å². The number of fused-ring (bicyclic) bond motifs is 1. The number of aromatic nitrogens is 6. The molecule has 3 aromatic rings. The van der Waals surface area contributed by atoms with Crippen LogP contribution in [-0.4, -0.2) is 28.7 Å². The zero-order chi connectivity index (χ0) is 16.0. The molecular formula is C14H16N6O2. The Hall–Kier alpha value is -2.77. The standard InChI is InChI=1S/C14H16N6O2/c1-8-5-10(17-9(2)16-8)6-20-7-15-12-11(20)13(21)19(4)14(22)18(12)3/h5,7H,6H2,1-4H3. The van der Waals surface area contributed by atoms with Crippen LogP contribution in [-0.2, 0) is 20.6 Å². The van der Waals surface area contributed by atoms with Crippen LogP contribution in [0.1, 0.15) is 17.2 Å². The topological polar surface area (TPSA) is 87.6 Å². The van der Waals surface area contributed by atoms with E-state index in [1.54, 1.807) is 17.9 Å². The molecule has 0 aliphatic carbocycles. The molecule has 0 N–H and O–H groups in total. The van der Waals surface area contributed by atoms with Crippen LogP contribution < -0.4 is 11.2 Å². The van der Waals surface area contributed by atoms with Crippen molar-refractivity contribution in [2.45, 2.75) is 20.4 Å². The minimum absolute atomic E-state index is 0.363. The molecule has 0 saturated carbocycles. The van der Waals surface area contributed by atoms with Crippen LogP contribution in [0.15, 0.2) is 22.0 Å². The largest absolute Gasteiger partial charge is 0.332 e. The molecule has 0 amide bonds. The molecule has 8 nitrogen and oxygen atoms in total. The van der Waals surface area contributed by atoms with E-state index in [4.69, 9.17) is 0 Å². The summed E-state index contributed by atoms with van der Waals surface area (Å²) in [7, 11) is 3.06. The molecular weight excluding hydrogens is 284 g/mol. The van der Waals surface area contributed by atoms with Crippen LogP contribution in [0.25, 0.3) is 11.2 Å². The van der Waals surface area contributed by atoms with Crippen molar-refractivity contribution in [2.75, 3.05) is 0 Å². The van der Waals surface area contributed by atoms with Gasteiger partial charge in [-0.1, -0.05) is 0 Å². The first-order valence-electron chi connectivity index (χ1n) is 6.80. The molecule has 0 atom stereocenters. The lowest BCUT2D eigenvalue weighted by Gasteiger charge is -2.07. The van der Waals surface area contributed by atoms with Crippen LogP contribution in [0.5, 0.6) is 0 Å². The second-order valence-corrected chi connectivity index (χ2v) is 5.30. The van der Waals surface area contributed by atoms with Gasteiger partial charge < -0.3 is 4.57 Å². The van der Waals surface area contributed by atoms with Gasteiger partial charge in [0.1, 0.15) is 5.82 Å². The Labute approximate surface area is 125 Å². The maximum Gasteiger partial charge on any atom is 0.332 e. The average Bonchev–Trinajstić information content (AvgIpc) is 2.85. The molecule has 0 aliphatic rings. The van der Waals surface area contributed by atoms with Crippen molar-refractivity contribution in [1.29, 1.82) is 0 Å². The summed E-state index contributed by atoms with van der Waals surface area (Å²) in [5, 5.41) is 0. The van der Waals surface area contributed by atoms with E-state index in [9.17, 15) is 9.59 Å². The molecule has 8 heteroatoms. The summed E-state index contributed by atoms with van der Waals surface area (Å²) >= 11 is 0. The van der Waals surface area contributed by atoms with E-state index in [1.165, 1.54) is 11.6 Å². The molecule has 3 rings (SSSR count). The lowest BCUT2D eigenvalue weighted by molar-refractivity contribution is 0.700. The van der Waals surface area contributed by atoms with Crippen molar-refractivity contribution in [3.05, 3.63) is 50.4 Å². The molecule has 0 spiro atoms. The summed E-state index contributed by atoms with van der Waals surface area (Å²) in [5.74, 6) is 0.680. The van der Waals surface area contributed by atoms with E-state index in [1.807, 2.05) is 19.9 Å². The van der Waals surface area contributed by atoms with Gasteiger partial charge in [0.05, 0.1) is 18.6 Å². The third kappa shape index (κ3) is 2.12. The Morgan fingerprint density at radius 2 is 1.82 bits per heavy atom. The van der Waals surface area contributed by atoms with Gasteiger partial charge in [0, 0.05) is 19.8 Å². The fraction of sp³-hybridized carbons (Fsp3) is 0.357. The molecule has 0 bridgehead atoms. The molecule has 0 saturated heterocycles. The fourth-order valence-corrected chi connectivity index (χ4v) is 2.57. The summed E-state index contributed by atoms with van der Waals surface area (Å²) in [6.07, 6.45) is 1.55. The van der Waals surface area contributed by atoms with Gasteiger partial charge in [-0.05, 0) is 19.9 Å². The van der Waals surface area contributed by atoms with Gasteiger partial charge in [-0.25, -0.2) is 19.7 Å². The maximum absolute atomic E-state index is 12.4. The molecule has 0 fully saturated rings. The van der Waals surface area contributed by atoms with Crippen LogP contribution in [0.3, 0.4) is 0 Å². The quantitative estimate of drug-likeness (QED) is 0.659. The fourth-order valence-electron chi connectivity index (χ4n) is 2.57. The molecule has 114 valence electrons. The normalized spacial score (nSPS) is 11.3. The number of aryl methyl sites for hydroxylation is 3. The third-order valence-corrected chi connectivity index (χ3v) is 3.57. The van der Waals surface area contributed by atoms with Crippen molar-refractivity contribution < 1.29 is 0 Å². The second-order valence-electron chi connectivity index (χ2n) is 5.30. The number of nitrogens with zero attached hydrogens (tertiary/aromatic N) is 6. The molecule has 0 unspecified atom stereocenters. The highest BCUT2D eigenvalue weighted by Crippen LogP contribution is 2.09. The molecule has 0 aliphatic heterocycles. The minimum Gasteiger partial charge on any atom is -0.319 e. The Morgan fingerprint density at radius 3 is 2.50 bits per heavy atom. The Morgan fingerprint density at radius 1 is 1.09 bits per heavy atom. The summed E-state index contributed by atoms with van der Waals surface area (Å²) < 4.78 is 4.15. The van der Waals surface area contributed by atoms with Gasteiger partial charge in [-0.2, -0.15) is 0 Å². The van der Waals surface area contributed by atoms with E-state index in [2.05, 4.69) is 15.0 Å². The van der Waals surface area contributed by atoms with Gasteiger partial charge in [0.15, 0.2) is 11.2 Å². The number of rotatable bonds is 2. The van der Waals surface area contributed by atoms with Gasteiger partial charge in [-0.15, -0.1) is 0 Å². The SMILES string of the molecule is Cc1cc(Cn2cnc3c2c(=O)n(C)c(=O)n3C)nc(C)n1. The summed E-state index contributed by atoms with van der Waals surface area (Å²) in [6.45, 7) is 4.12. The highest BCUT2D eigenvalue weighted by atomic mass is 16.2. The highest BCUT2D eigenvalue weighted by Gasteiger charge is 2.14. The molecule has 0 radical (unpaired) electrons. The Kier molecular flexibility index (Phi) is 3.16. The molecule has 3 aromatic heterocycles. The first-order chi connectivity index (χ1) is 10.4. The van der Waals surface area contributed by atoms with E-state index in [0.717, 1.165) is 16.0 Å². The van der Waals surface area contributed by atoms with Crippen LogP contribution in [0.4, 0.5) is 0 Å². The number of hydrogen-bond donors (Lipinski definition) is 0. The maximum atomic E-state index is 12.4. The summed E-state index contributed by atoms with van der Waals surface area (Å²) in [5.41, 5.74) is 1.66. The van der Waals surface area contributed by atoms with E-state index in [-0.39, 0.29) is 5.56 Å². The van der Waals surface area contributed by atoms with Crippen molar-refractivity contribution in [3.8, 4) is 0 Å². The van der Waals surface area contributed by atoms with E-state index >= 15 is 0 Å². The number of hydrogen-bond acceptors (Lipinski definition) is 5. The van der Waals surface area contributed by atoms with Gasteiger partial charge in [-0.3, -0.25) is 13.9 Å².